The topological polar surface area (TPSA) is 49.4 Å². The molecule has 2 fully saturated rings. The quantitative estimate of drug-likeness (QED) is 0.869. The second-order valence-corrected chi connectivity index (χ2v) is 7.06. The average Bonchev–Trinajstić information content (AvgIpc) is 3.18. The van der Waals surface area contributed by atoms with Gasteiger partial charge < -0.3 is 5.32 Å². The van der Waals surface area contributed by atoms with Gasteiger partial charge in [-0.25, -0.2) is 0 Å². The minimum atomic E-state index is -0.404. The molecular weight excluding hydrogens is 264 g/mol. The number of nitrogens with one attached hydrogen (secondary N) is 1. The highest BCUT2D eigenvalue weighted by atomic mass is 16.2. The SMILES string of the molecule is CC(C)(C)c1ccc(NC2CC(=O)N(C3CC3)C2=O)cc1. The van der Waals surface area contributed by atoms with Crippen molar-refractivity contribution in [2.45, 2.75) is 57.5 Å². The van der Waals surface area contributed by atoms with Gasteiger partial charge in [-0.1, -0.05) is 32.9 Å². The number of carbonyl (C=O) groups is 2. The summed E-state index contributed by atoms with van der Waals surface area (Å²) in [6, 6.07) is 7.87. The molecule has 0 aromatic heterocycles. The highest BCUT2D eigenvalue weighted by Crippen LogP contribution is 2.32. The minimum Gasteiger partial charge on any atom is -0.373 e. The van der Waals surface area contributed by atoms with Crippen LogP contribution in [-0.2, 0) is 15.0 Å². The van der Waals surface area contributed by atoms with Crippen LogP contribution >= 0.6 is 0 Å². The van der Waals surface area contributed by atoms with Crippen molar-refractivity contribution < 1.29 is 9.59 Å². The molecule has 1 aliphatic heterocycles. The van der Waals surface area contributed by atoms with E-state index in [1.165, 1.54) is 10.5 Å². The molecule has 0 spiro atoms. The molecule has 1 heterocycles. The van der Waals surface area contributed by atoms with Gasteiger partial charge in [0.2, 0.25) is 5.91 Å². The first-order chi connectivity index (χ1) is 9.86. The molecule has 1 aromatic rings. The average molecular weight is 286 g/mol. The molecule has 4 heteroatoms. The Morgan fingerprint density at radius 3 is 2.24 bits per heavy atom. The zero-order chi connectivity index (χ0) is 15.2. The monoisotopic (exact) mass is 286 g/mol. The van der Waals surface area contributed by atoms with Crippen LogP contribution in [0.1, 0.15) is 45.6 Å². The van der Waals surface area contributed by atoms with Crippen LogP contribution in [0.25, 0.3) is 0 Å². The number of rotatable bonds is 3. The number of benzene rings is 1. The van der Waals surface area contributed by atoms with Crippen molar-refractivity contribution in [2.75, 3.05) is 5.32 Å². The van der Waals surface area contributed by atoms with Gasteiger partial charge in [-0.2, -0.15) is 0 Å². The zero-order valence-electron chi connectivity index (χ0n) is 12.8. The molecule has 1 atom stereocenters. The number of anilines is 1. The molecule has 1 saturated carbocycles. The molecule has 1 aliphatic carbocycles. The number of nitrogens with zero attached hydrogens (tertiary/aromatic N) is 1. The van der Waals surface area contributed by atoms with Crippen LogP contribution in [0.15, 0.2) is 24.3 Å². The van der Waals surface area contributed by atoms with Gasteiger partial charge in [-0.05, 0) is 36.0 Å². The van der Waals surface area contributed by atoms with Gasteiger partial charge in [0, 0.05) is 11.7 Å². The van der Waals surface area contributed by atoms with Crippen molar-refractivity contribution >= 4 is 17.5 Å². The zero-order valence-corrected chi connectivity index (χ0v) is 12.8. The molecule has 2 aliphatic rings. The Bertz CT molecular complexity index is 567. The summed E-state index contributed by atoms with van der Waals surface area (Å²) in [5.74, 6) is -0.103. The van der Waals surface area contributed by atoms with Crippen LogP contribution in [0.2, 0.25) is 0 Å². The Kier molecular flexibility index (Phi) is 3.27. The summed E-state index contributed by atoms with van der Waals surface area (Å²) in [5, 5.41) is 3.20. The smallest absolute Gasteiger partial charge is 0.252 e. The van der Waals surface area contributed by atoms with E-state index >= 15 is 0 Å². The van der Waals surface area contributed by atoms with Crippen LogP contribution in [-0.4, -0.2) is 28.8 Å². The first-order valence-electron chi connectivity index (χ1n) is 7.59. The van der Waals surface area contributed by atoms with Crippen LogP contribution in [0.5, 0.6) is 0 Å². The van der Waals surface area contributed by atoms with Crippen LogP contribution < -0.4 is 5.32 Å². The fourth-order valence-corrected chi connectivity index (χ4v) is 2.75. The third kappa shape index (κ3) is 2.80. The first-order valence-corrected chi connectivity index (χ1v) is 7.59. The van der Waals surface area contributed by atoms with Crippen molar-refractivity contribution in [1.29, 1.82) is 0 Å². The molecule has 0 bridgehead atoms. The van der Waals surface area contributed by atoms with Crippen LogP contribution in [0.4, 0.5) is 5.69 Å². The van der Waals surface area contributed by atoms with Crippen molar-refractivity contribution in [2.24, 2.45) is 0 Å². The molecule has 3 rings (SSSR count). The number of hydrogen-bond acceptors (Lipinski definition) is 3. The second-order valence-electron chi connectivity index (χ2n) is 7.06. The van der Waals surface area contributed by atoms with E-state index < -0.39 is 6.04 Å². The van der Waals surface area contributed by atoms with Crippen molar-refractivity contribution in [1.82, 2.24) is 4.90 Å². The van der Waals surface area contributed by atoms with E-state index in [2.05, 4.69) is 38.2 Å². The van der Waals surface area contributed by atoms with Gasteiger partial charge in [-0.3, -0.25) is 14.5 Å². The maximum atomic E-state index is 12.3. The second kappa shape index (κ2) is 4.86. The number of likely N-dealkylation sites (tertiary alicyclic amines) is 1. The summed E-state index contributed by atoms with van der Waals surface area (Å²) in [5.41, 5.74) is 2.26. The number of imide groups is 1. The third-order valence-corrected chi connectivity index (χ3v) is 4.19. The van der Waals surface area contributed by atoms with E-state index in [-0.39, 0.29) is 29.7 Å². The van der Waals surface area contributed by atoms with Gasteiger partial charge in [0.05, 0.1) is 6.42 Å². The Morgan fingerprint density at radius 1 is 1.10 bits per heavy atom. The summed E-state index contributed by atoms with van der Waals surface area (Å²) in [6.07, 6.45) is 2.20. The van der Waals surface area contributed by atoms with E-state index in [0.29, 0.717) is 0 Å². The summed E-state index contributed by atoms with van der Waals surface area (Å²) >= 11 is 0. The molecule has 4 nitrogen and oxygen atoms in total. The highest BCUT2D eigenvalue weighted by Gasteiger charge is 2.46. The van der Waals surface area contributed by atoms with E-state index in [9.17, 15) is 9.59 Å². The van der Waals surface area contributed by atoms with Gasteiger partial charge in [0.25, 0.3) is 5.91 Å². The van der Waals surface area contributed by atoms with E-state index in [0.717, 1.165) is 18.5 Å². The fraction of sp³-hybridized carbons (Fsp3) is 0.529. The molecule has 1 aromatic carbocycles. The van der Waals surface area contributed by atoms with E-state index in [1.54, 1.807) is 0 Å². The number of amides is 2. The molecular formula is C17H22N2O2. The first kappa shape index (κ1) is 14.1. The van der Waals surface area contributed by atoms with Gasteiger partial charge in [-0.15, -0.1) is 0 Å². The lowest BCUT2D eigenvalue weighted by Crippen LogP contribution is -2.36. The minimum absolute atomic E-state index is 0.0358. The highest BCUT2D eigenvalue weighted by molar-refractivity contribution is 6.07. The number of carbonyl (C=O) groups excluding carboxylic acids is 2. The Hall–Kier alpha value is -1.84. The van der Waals surface area contributed by atoms with E-state index in [4.69, 9.17) is 0 Å². The normalized spacial score (nSPS) is 22.8. The number of hydrogen-bond donors (Lipinski definition) is 1. The molecule has 0 radical (unpaired) electrons. The molecule has 112 valence electrons. The van der Waals surface area contributed by atoms with Gasteiger partial charge >= 0.3 is 0 Å². The maximum Gasteiger partial charge on any atom is 0.252 e. The summed E-state index contributed by atoms with van der Waals surface area (Å²) in [6.45, 7) is 6.51. The lowest BCUT2D eigenvalue weighted by atomic mass is 9.87. The van der Waals surface area contributed by atoms with Gasteiger partial charge in [0.1, 0.15) is 6.04 Å². The van der Waals surface area contributed by atoms with Crippen molar-refractivity contribution in [3.63, 3.8) is 0 Å². The largest absolute Gasteiger partial charge is 0.373 e. The molecule has 1 N–H and O–H groups in total. The predicted molar refractivity (Wildman–Crippen MR) is 82.0 cm³/mol. The molecule has 2 amide bonds. The van der Waals surface area contributed by atoms with E-state index in [1.807, 2.05) is 12.1 Å². The molecule has 1 saturated heterocycles. The summed E-state index contributed by atoms with van der Waals surface area (Å²) in [7, 11) is 0. The Labute approximate surface area is 125 Å². The third-order valence-electron chi connectivity index (χ3n) is 4.19. The Balaban J connectivity index is 1.69. The van der Waals surface area contributed by atoms with Crippen molar-refractivity contribution in [3.05, 3.63) is 29.8 Å². The van der Waals surface area contributed by atoms with Gasteiger partial charge in [0.15, 0.2) is 0 Å². The predicted octanol–water partition coefficient (Wildman–Crippen LogP) is 2.69. The van der Waals surface area contributed by atoms with Crippen LogP contribution in [0, 0.1) is 0 Å². The maximum absolute atomic E-state index is 12.3. The summed E-state index contributed by atoms with van der Waals surface area (Å²) in [4.78, 5) is 25.6. The fourth-order valence-electron chi connectivity index (χ4n) is 2.75. The lowest BCUT2D eigenvalue weighted by molar-refractivity contribution is -0.139. The Morgan fingerprint density at radius 2 is 1.71 bits per heavy atom. The lowest BCUT2D eigenvalue weighted by Gasteiger charge is -2.20. The van der Waals surface area contributed by atoms with Crippen LogP contribution in [0.3, 0.4) is 0 Å². The summed E-state index contributed by atoms with van der Waals surface area (Å²) < 4.78 is 0. The standard InChI is InChI=1S/C17H22N2O2/c1-17(2,3)11-4-6-12(7-5-11)18-14-10-15(20)19(16(14)21)13-8-9-13/h4-7,13-14,18H,8-10H2,1-3H3. The molecule has 21 heavy (non-hydrogen) atoms. The molecule has 1 unspecified atom stereocenters. The van der Waals surface area contributed by atoms with Crippen molar-refractivity contribution in [3.8, 4) is 0 Å².